The summed E-state index contributed by atoms with van der Waals surface area (Å²) in [5.74, 6) is 0.194. The van der Waals surface area contributed by atoms with Crippen molar-refractivity contribution in [3.05, 3.63) is 104 Å². The molecule has 0 aliphatic heterocycles. The van der Waals surface area contributed by atoms with Crippen LogP contribution in [-0.4, -0.2) is 34.0 Å². The van der Waals surface area contributed by atoms with E-state index in [4.69, 9.17) is 46.4 Å². The number of hydrogen-bond acceptors (Lipinski definition) is 3. The molecule has 3 rings (SSSR count). The maximum Gasteiger partial charge on any atom is 0.243 e. The number of amides is 2. The van der Waals surface area contributed by atoms with E-state index in [0.717, 1.165) is 11.1 Å². The summed E-state index contributed by atoms with van der Waals surface area (Å²) < 4.78 is 0. The summed E-state index contributed by atoms with van der Waals surface area (Å²) in [4.78, 5) is 29.0. The molecule has 0 saturated carbocycles. The Morgan fingerprint density at radius 3 is 2.16 bits per heavy atom. The van der Waals surface area contributed by atoms with Crippen LogP contribution in [0.3, 0.4) is 0 Å². The zero-order valence-corrected chi connectivity index (χ0v) is 25.3. The molecule has 3 aromatic carbocycles. The van der Waals surface area contributed by atoms with Crippen molar-refractivity contribution in [1.29, 1.82) is 0 Å². The summed E-state index contributed by atoms with van der Waals surface area (Å²) in [6.45, 7) is 5.82. The van der Waals surface area contributed by atoms with Gasteiger partial charge in [0.25, 0.3) is 0 Å². The van der Waals surface area contributed by atoms with Gasteiger partial charge in [-0.05, 0) is 56.2 Å². The first kappa shape index (κ1) is 30.6. The largest absolute Gasteiger partial charge is 0.350 e. The molecule has 1 atom stereocenters. The third-order valence-electron chi connectivity index (χ3n) is 5.66. The average Bonchev–Trinajstić information content (AvgIpc) is 2.83. The molecule has 2 amide bonds. The highest BCUT2D eigenvalue weighted by Crippen LogP contribution is 2.29. The first-order chi connectivity index (χ1) is 17.9. The molecule has 3 aromatic rings. The summed E-state index contributed by atoms with van der Waals surface area (Å²) in [6, 6.07) is 19.3. The Morgan fingerprint density at radius 1 is 0.895 bits per heavy atom. The van der Waals surface area contributed by atoms with E-state index >= 15 is 0 Å². The molecule has 0 heterocycles. The van der Waals surface area contributed by atoms with Crippen molar-refractivity contribution in [2.75, 3.05) is 5.75 Å². The third kappa shape index (κ3) is 9.10. The van der Waals surface area contributed by atoms with Gasteiger partial charge in [0.15, 0.2) is 0 Å². The summed E-state index contributed by atoms with van der Waals surface area (Å²) in [6.07, 6.45) is 0.338. The first-order valence-electron chi connectivity index (χ1n) is 12.0. The summed E-state index contributed by atoms with van der Waals surface area (Å²) in [5, 5.41) is 5.02. The van der Waals surface area contributed by atoms with Gasteiger partial charge < -0.3 is 10.2 Å². The van der Waals surface area contributed by atoms with Crippen LogP contribution in [0.1, 0.15) is 37.5 Å². The number of benzene rings is 3. The molecule has 0 aliphatic carbocycles. The van der Waals surface area contributed by atoms with Crippen molar-refractivity contribution in [2.24, 2.45) is 0 Å². The molecule has 1 unspecified atom stereocenters. The van der Waals surface area contributed by atoms with Gasteiger partial charge in [-0.3, -0.25) is 9.59 Å². The minimum Gasteiger partial charge on any atom is -0.350 e. The fourth-order valence-electron chi connectivity index (χ4n) is 3.83. The first-order valence-corrected chi connectivity index (χ1v) is 14.7. The summed E-state index contributed by atoms with van der Waals surface area (Å²) >= 11 is 26.7. The fourth-order valence-corrected chi connectivity index (χ4v) is 5.82. The van der Waals surface area contributed by atoms with Gasteiger partial charge in [0.2, 0.25) is 11.8 Å². The molecule has 0 bridgehead atoms. The van der Waals surface area contributed by atoms with Crippen molar-refractivity contribution in [2.45, 2.75) is 51.1 Å². The van der Waals surface area contributed by atoms with Crippen molar-refractivity contribution in [3.63, 3.8) is 0 Å². The van der Waals surface area contributed by atoms with Crippen LogP contribution < -0.4 is 5.32 Å². The monoisotopic (exact) mass is 610 g/mol. The highest BCUT2D eigenvalue weighted by atomic mass is 35.5. The zero-order valence-electron chi connectivity index (χ0n) is 21.4. The molecule has 0 aromatic heterocycles. The van der Waals surface area contributed by atoms with Crippen LogP contribution in [0.5, 0.6) is 0 Å². The van der Waals surface area contributed by atoms with Gasteiger partial charge in [0, 0.05) is 49.9 Å². The number of hydrogen-bond donors (Lipinski definition) is 1. The molecule has 202 valence electrons. The number of rotatable bonds is 10. The number of halogens is 4. The van der Waals surface area contributed by atoms with Gasteiger partial charge in [-0.25, -0.2) is 0 Å². The van der Waals surface area contributed by atoms with Crippen LogP contribution in [0.2, 0.25) is 20.1 Å². The molecule has 0 radical (unpaired) electrons. The van der Waals surface area contributed by atoms with E-state index in [1.54, 1.807) is 35.2 Å². The van der Waals surface area contributed by atoms with Crippen LogP contribution in [0.25, 0.3) is 0 Å². The lowest BCUT2D eigenvalue weighted by Gasteiger charge is -2.34. The van der Waals surface area contributed by atoms with Gasteiger partial charge in [-0.15, -0.1) is 11.8 Å². The second-order valence-electron chi connectivity index (χ2n) is 9.90. The lowest BCUT2D eigenvalue weighted by molar-refractivity contribution is -0.140. The van der Waals surface area contributed by atoms with Crippen LogP contribution in [0, 0.1) is 0 Å². The smallest absolute Gasteiger partial charge is 0.243 e. The summed E-state index contributed by atoms with van der Waals surface area (Å²) in [5.41, 5.74) is 1.92. The van der Waals surface area contributed by atoms with Crippen molar-refractivity contribution < 1.29 is 9.59 Å². The molecule has 4 nitrogen and oxygen atoms in total. The van der Waals surface area contributed by atoms with Crippen LogP contribution in [0.4, 0.5) is 0 Å². The van der Waals surface area contributed by atoms with Crippen LogP contribution in [-0.2, 0) is 28.3 Å². The Morgan fingerprint density at radius 2 is 1.55 bits per heavy atom. The minimum absolute atomic E-state index is 0.0919. The van der Waals surface area contributed by atoms with E-state index in [1.807, 2.05) is 57.2 Å². The lowest BCUT2D eigenvalue weighted by Crippen LogP contribution is -2.54. The molecular formula is C29H30Cl4N2O2S. The molecule has 38 heavy (non-hydrogen) atoms. The second kappa shape index (κ2) is 14.0. The third-order valence-corrected chi connectivity index (χ3v) is 7.92. The number of carbonyl (C=O) groups excluding carboxylic acids is 2. The number of carbonyl (C=O) groups is 2. The Balaban J connectivity index is 1.92. The Hall–Kier alpha value is -1.89. The number of nitrogens with zero attached hydrogens (tertiary/aromatic N) is 1. The topological polar surface area (TPSA) is 49.4 Å². The van der Waals surface area contributed by atoms with Gasteiger partial charge in [0.1, 0.15) is 6.04 Å². The number of nitrogens with one attached hydrogen (secondary N) is 1. The highest BCUT2D eigenvalue weighted by Gasteiger charge is 2.33. The SMILES string of the molecule is CC(C)(C)NC(=O)C(Cc1ccccc1)N(Cc1c(Cl)cccc1Cl)C(=O)CSCc1ccc(Cl)cc1Cl. The van der Waals surface area contributed by atoms with Gasteiger partial charge in [-0.1, -0.05) is 88.9 Å². The average molecular weight is 612 g/mol. The maximum atomic E-state index is 13.8. The van der Waals surface area contributed by atoms with Crippen LogP contribution in [0.15, 0.2) is 66.7 Å². The second-order valence-corrected chi connectivity index (χ2v) is 12.5. The van der Waals surface area contributed by atoms with E-state index in [1.165, 1.54) is 11.8 Å². The van der Waals surface area contributed by atoms with E-state index in [2.05, 4.69) is 5.32 Å². The van der Waals surface area contributed by atoms with Gasteiger partial charge in [-0.2, -0.15) is 0 Å². The minimum atomic E-state index is -0.781. The number of thioether (sulfide) groups is 1. The standard InChI is InChI=1S/C29H30Cl4N2O2S/c1-29(2,3)34-28(37)26(14-19-8-5-4-6-9-19)35(16-22-23(31)10-7-11-24(22)32)27(36)18-38-17-20-12-13-21(30)15-25(20)33/h4-13,15,26H,14,16-18H2,1-3H3,(H,34,37). The normalized spacial score (nSPS) is 12.2. The Labute approximate surface area is 249 Å². The summed E-state index contributed by atoms with van der Waals surface area (Å²) in [7, 11) is 0. The van der Waals surface area contributed by atoms with E-state index in [-0.39, 0.29) is 24.1 Å². The van der Waals surface area contributed by atoms with Gasteiger partial charge in [0.05, 0.1) is 5.75 Å². The molecule has 0 spiro atoms. The predicted molar refractivity (Wildman–Crippen MR) is 161 cm³/mol. The Bertz CT molecular complexity index is 1240. The lowest BCUT2D eigenvalue weighted by atomic mass is 10.0. The molecule has 0 saturated heterocycles. The van der Waals surface area contributed by atoms with Crippen molar-refractivity contribution in [3.8, 4) is 0 Å². The van der Waals surface area contributed by atoms with Crippen LogP contribution >= 0.6 is 58.2 Å². The molecular weight excluding hydrogens is 582 g/mol. The quantitative estimate of drug-likeness (QED) is 0.252. The van der Waals surface area contributed by atoms with E-state index in [9.17, 15) is 9.59 Å². The van der Waals surface area contributed by atoms with E-state index in [0.29, 0.717) is 37.8 Å². The zero-order chi connectivity index (χ0) is 27.9. The highest BCUT2D eigenvalue weighted by molar-refractivity contribution is 7.99. The maximum absolute atomic E-state index is 13.8. The van der Waals surface area contributed by atoms with Gasteiger partial charge >= 0.3 is 0 Å². The predicted octanol–water partition coefficient (Wildman–Crippen LogP) is 8.09. The molecule has 1 N–H and O–H groups in total. The van der Waals surface area contributed by atoms with Crippen molar-refractivity contribution >= 4 is 70.0 Å². The molecule has 0 fully saturated rings. The fraction of sp³-hybridized carbons (Fsp3) is 0.310. The molecule has 9 heteroatoms. The Kier molecular flexibility index (Phi) is 11.3. The van der Waals surface area contributed by atoms with E-state index < -0.39 is 11.6 Å². The molecule has 0 aliphatic rings. The van der Waals surface area contributed by atoms with Crippen molar-refractivity contribution in [1.82, 2.24) is 10.2 Å².